The van der Waals surface area contributed by atoms with Crippen molar-refractivity contribution in [3.05, 3.63) is 73.4 Å². The molecule has 4 aromatic rings. The molecule has 0 aliphatic carbocycles. The third-order valence-electron chi connectivity index (χ3n) is 7.50. The maximum Gasteiger partial charge on any atom is 0.695 e. The van der Waals surface area contributed by atoms with Crippen LogP contribution in [-0.2, 0) is 34.0 Å². The van der Waals surface area contributed by atoms with Gasteiger partial charge in [-0.15, -0.1) is 9.42 Å². The molecule has 0 bridgehead atoms. The Labute approximate surface area is 272 Å². The Kier molecular flexibility index (Phi) is 10.9. The molecule has 47 heavy (non-hydrogen) atoms. The lowest BCUT2D eigenvalue weighted by atomic mass is 10.1. The standard InChI is InChI=1S/C28H34N7O10PS/c1-3-13-47-27-31-23-20(24(38)33(10-4-12-36)28(40)32(23)2)35(27)14-16-5-7-17(8-6-16)43-15-18-22(45-46(41)42)21(37)25(44-18)34-11-9-19(29)30-26(34)39/h5-9,11,18,21-22,25,36-37H,3-4,10,12-15H2,1-2H3,(H2-,29,30,39,41,42)/p+1/t18-,21-,22-,25-/m1/s1. The predicted octanol–water partition coefficient (Wildman–Crippen LogP) is 0.341. The molecule has 1 aromatic carbocycles. The number of nitrogens with two attached hydrogens (primary N) is 1. The Balaban J connectivity index is 1.36. The molecule has 19 heteroatoms. The van der Waals surface area contributed by atoms with Gasteiger partial charge < -0.3 is 30.0 Å². The molecule has 5 rings (SSSR count). The fourth-order valence-corrected chi connectivity index (χ4v) is 6.54. The van der Waals surface area contributed by atoms with Crippen molar-refractivity contribution in [1.82, 2.24) is 28.2 Å². The second-order valence-electron chi connectivity index (χ2n) is 10.7. The van der Waals surface area contributed by atoms with E-state index in [2.05, 4.69) is 9.97 Å². The number of ether oxygens (including phenoxy) is 2. The van der Waals surface area contributed by atoms with Crippen molar-refractivity contribution in [3.8, 4) is 5.75 Å². The van der Waals surface area contributed by atoms with Crippen LogP contribution in [0.15, 0.2) is 56.1 Å². The zero-order chi connectivity index (χ0) is 33.8. The number of fused-ring (bicyclic) bond motifs is 1. The number of rotatable bonds is 14. The first-order chi connectivity index (χ1) is 22.5. The quantitative estimate of drug-likeness (QED) is 0.103. The molecule has 1 aliphatic heterocycles. The van der Waals surface area contributed by atoms with Crippen LogP contribution < -0.4 is 27.4 Å². The van der Waals surface area contributed by atoms with E-state index in [4.69, 9.17) is 19.7 Å². The van der Waals surface area contributed by atoms with Crippen molar-refractivity contribution < 1.29 is 33.7 Å². The van der Waals surface area contributed by atoms with Crippen LogP contribution in [0.25, 0.3) is 11.2 Å². The van der Waals surface area contributed by atoms with Gasteiger partial charge in [-0.2, -0.15) is 4.98 Å². The van der Waals surface area contributed by atoms with Gasteiger partial charge in [0.2, 0.25) is 0 Å². The van der Waals surface area contributed by atoms with E-state index in [-0.39, 0.29) is 49.7 Å². The second kappa shape index (κ2) is 14.9. The number of aromatic nitrogens is 6. The number of thioether (sulfide) groups is 1. The Morgan fingerprint density at radius 2 is 1.87 bits per heavy atom. The zero-order valence-corrected chi connectivity index (χ0v) is 27.2. The Hall–Kier alpha value is -3.90. The van der Waals surface area contributed by atoms with Crippen LogP contribution in [0.2, 0.25) is 0 Å². The fraction of sp³-hybridized carbons (Fsp3) is 0.464. The third-order valence-corrected chi connectivity index (χ3v) is 9.10. The highest BCUT2D eigenvalue weighted by Gasteiger charge is 2.50. The van der Waals surface area contributed by atoms with Crippen LogP contribution >= 0.6 is 20.0 Å². The smallest absolute Gasteiger partial charge is 0.491 e. The summed E-state index contributed by atoms with van der Waals surface area (Å²) in [4.78, 5) is 56.4. The number of aliphatic hydroxyl groups excluding tert-OH is 2. The highest BCUT2D eigenvalue weighted by atomic mass is 32.2. The molecule has 1 unspecified atom stereocenters. The van der Waals surface area contributed by atoms with Crippen molar-refractivity contribution in [2.75, 3.05) is 24.7 Å². The summed E-state index contributed by atoms with van der Waals surface area (Å²) in [6.45, 7) is 2.00. The van der Waals surface area contributed by atoms with Gasteiger partial charge in [-0.05, 0) is 36.6 Å². The molecule has 5 N–H and O–H groups in total. The summed E-state index contributed by atoms with van der Waals surface area (Å²) in [5.74, 6) is 1.13. The highest BCUT2D eigenvalue weighted by Crippen LogP contribution is 2.35. The van der Waals surface area contributed by atoms with Gasteiger partial charge in [0.25, 0.3) is 5.56 Å². The molecule has 0 radical (unpaired) electrons. The van der Waals surface area contributed by atoms with Gasteiger partial charge in [0.1, 0.15) is 30.4 Å². The maximum absolute atomic E-state index is 13.5. The van der Waals surface area contributed by atoms with E-state index in [0.717, 1.165) is 26.9 Å². The van der Waals surface area contributed by atoms with Crippen molar-refractivity contribution in [3.63, 3.8) is 0 Å². The number of benzene rings is 1. The number of hydrogen-bond acceptors (Lipinski definition) is 13. The second-order valence-corrected chi connectivity index (χ2v) is 12.5. The van der Waals surface area contributed by atoms with Gasteiger partial charge in [0.05, 0.1) is 6.54 Å². The van der Waals surface area contributed by atoms with Gasteiger partial charge in [-0.1, -0.05) is 30.8 Å². The number of aliphatic hydroxyl groups is 2. The number of nitrogens with zero attached hydrogens (tertiary/aromatic N) is 6. The zero-order valence-electron chi connectivity index (χ0n) is 25.5. The predicted molar refractivity (Wildman–Crippen MR) is 171 cm³/mol. The molecule has 0 amide bonds. The van der Waals surface area contributed by atoms with E-state index in [9.17, 15) is 34.1 Å². The summed E-state index contributed by atoms with van der Waals surface area (Å²) < 4.78 is 33.4. The van der Waals surface area contributed by atoms with Crippen LogP contribution in [0.4, 0.5) is 5.82 Å². The highest BCUT2D eigenvalue weighted by molar-refractivity contribution is 7.99. The fourth-order valence-electron chi connectivity index (χ4n) is 5.22. The molecule has 5 atom stereocenters. The van der Waals surface area contributed by atoms with E-state index < -0.39 is 49.7 Å². The van der Waals surface area contributed by atoms with Crippen LogP contribution in [0.1, 0.15) is 31.6 Å². The van der Waals surface area contributed by atoms with Crippen molar-refractivity contribution in [1.29, 1.82) is 0 Å². The van der Waals surface area contributed by atoms with E-state index in [0.29, 0.717) is 10.9 Å². The summed E-state index contributed by atoms with van der Waals surface area (Å²) >= 11 is 1.48. The van der Waals surface area contributed by atoms with E-state index in [1.54, 1.807) is 35.9 Å². The Morgan fingerprint density at radius 3 is 2.53 bits per heavy atom. The van der Waals surface area contributed by atoms with Crippen molar-refractivity contribution in [2.45, 2.75) is 62.6 Å². The molecule has 252 valence electrons. The average molecular weight is 693 g/mol. The number of imidazole rings is 1. The minimum Gasteiger partial charge on any atom is -0.491 e. The van der Waals surface area contributed by atoms with Gasteiger partial charge >= 0.3 is 19.6 Å². The maximum atomic E-state index is 13.5. The van der Waals surface area contributed by atoms with Crippen LogP contribution in [0.3, 0.4) is 0 Å². The lowest BCUT2D eigenvalue weighted by molar-refractivity contribution is -0.0511. The Bertz CT molecular complexity index is 1930. The van der Waals surface area contributed by atoms with Gasteiger partial charge in [0.15, 0.2) is 28.7 Å². The summed E-state index contributed by atoms with van der Waals surface area (Å²) in [6, 6.07) is 8.28. The van der Waals surface area contributed by atoms with Crippen LogP contribution in [0, 0.1) is 0 Å². The number of anilines is 1. The molecular weight excluding hydrogens is 657 g/mol. The molecule has 17 nitrogen and oxygen atoms in total. The van der Waals surface area contributed by atoms with Crippen LogP contribution in [0.5, 0.6) is 5.75 Å². The molecule has 1 aliphatic rings. The summed E-state index contributed by atoms with van der Waals surface area (Å²) in [6.07, 6.45) is -2.71. The van der Waals surface area contributed by atoms with Gasteiger partial charge in [-0.3, -0.25) is 18.5 Å². The first-order valence-electron chi connectivity index (χ1n) is 14.7. The lowest BCUT2D eigenvalue weighted by Gasteiger charge is -2.17. The molecule has 1 saturated heterocycles. The lowest BCUT2D eigenvalue weighted by Crippen LogP contribution is -2.39. The summed E-state index contributed by atoms with van der Waals surface area (Å²) in [5.41, 5.74) is 5.12. The molecular formula is C28H35N7O10PS+. The third kappa shape index (κ3) is 7.33. The van der Waals surface area contributed by atoms with E-state index in [1.165, 1.54) is 28.6 Å². The van der Waals surface area contributed by atoms with Crippen LogP contribution in [-0.4, -0.2) is 80.6 Å². The largest absolute Gasteiger partial charge is 0.695 e. The van der Waals surface area contributed by atoms with Crippen molar-refractivity contribution >= 4 is 37.0 Å². The molecule has 1 fully saturated rings. The van der Waals surface area contributed by atoms with Gasteiger partial charge in [-0.25, -0.2) is 14.6 Å². The molecule has 4 heterocycles. The summed E-state index contributed by atoms with van der Waals surface area (Å²) in [7, 11) is -1.56. The topological polar surface area (TPSA) is 228 Å². The average Bonchev–Trinajstić information content (AvgIpc) is 3.55. The number of aryl methyl sites for hydroxylation is 1. The summed E-state index contributed by atoms with van der Waals surface area (Å²) in [5, 5.41) is 20.7. The number of hydrogen-bond donors (Lipinski definition) is 4. The monoisotopic (exact) mass is 692 g/mol. The first-order valence-corrected chi connectivity index (χ1v) is 16.8. The van der Waals surface area contributed by atoms with Gasteiger partial charge in [0, 0.05) is 36.7 Å². The molecule has 0 saturated carbocycles. The number of nitrogen functional groups attached to an aromatic ring is 1. The SMILES string of the molecule is CCCSc1nc2c(c(=O)n(CCCO)c(=O)n2C)n1Cc1ccc(OC[C@H]2O[C@@H](n3ccc(N)nc3=O)[C@H](O)[C@@H]2O[P+](=O)O)cc1. The molecule has 3 aromatic heterocycles. The molecule has 0 spiro atoms. The normalized spacial score (nSPS) is 19.8. The minimum absolute atomic E-state index is 0.0220. The van der Waals surface area contributed by atoms with Crippen molar-refractivity contribution in [2.24, 2.45) is 7.05 Å². The van der Waals surface area contributed by atoms with E-state index in [1.807, 2.05) is 6.92 Å². The van der Waals surface area contributed by atoms with E-state index >= 15 is 0 Å². The first kappa shape index (κ1) is 34.4. The Morgan fingerprint density at radius 1 is 1.13 bits per heavy atom. The minimum atomic E-state index is -3.12.